The van der Waals surface area contributed by atoms with Gasteiger partial charge in [-0.1, -0.05) is 23.8 Å². The molecule has 3 rings (SSSR count). The smallest absolute Gasteiger partial charge is 0.253 e. The average molecular weight is 296 g/mol. The highest BCUT2D eigenvalue weighted by molar-refractivity contribution is 5.27. The summed E-state index contributed by atoms with van der Waals surface area (Å²) in [6.45, 7) is 2.99. The average Bonchev–Trinajstić information content (AvgIpc) is 2.90. The molecule has 0 saturated heterocycles. The normalized spacial score (nSPS) is 10.8. The maximum Gasteiger partial charge on any atom is 0.253 e. The number of aromatic nitrogens is 3. The molecule has 3 aromatic rings. The Kier molecular flexibility index (Phi) is 4.11. The Bertz CT molecular complexity index is 739. The fourth-order valence-corrected chi connectivity index (χ4v) is 2.13. The van der Waals surface area contributed by atoms with Gasteiger partial charge in [0.15, 0.2) is 5.95 Å². The van der Waals surface area contributed by atoms with Crippen molar-refractivity contribution in [2.24, 2.45) is 0 Å². The van der Waals surface area contributed by atoms with Crippen LogP contribution in [0.5, 0.6) is 5.95 Å². The number of hydrogen-bond acceptors (Lipinski definition) is 5. The fraction of sp³-hybridized carbons (Fsp3) is 0.188. The van der Waals surface area contributed by atoms with Crippen molar-refractivity contribution in [1.29, 1.82) is 0 Å². The standard InChI is InChI=1S/C16H16N4O2/c1-12-4-6-14(7-5-12)20-15(16(21)22-19-20)11-18-10-13-3-2-8-17-9-13/h2-9,18H,10-11H2,1H3. The van der Waals surface area contributed by atoms with E-state index in [1.54, 1.807) is 12.4 Å². The third-order valence-corrected chi connectivity index (χ3v) is 3.32. The van der Waals surface area contributed by atoms with E-state index in [9.17, 15) is 5.11 Å². The second-order valence-corrected chi connectivity index (χ2v) is 5.02. The molecule has 0 unspecified atom stereocenters. The zero-order valence-corrected chi connectivity index (χ0v) is 12.2. The molecule has 6 heteroatoms. The minimum absolute atomic E-state index is 0.366. The molecule has 1 aromatic carbocycles. The zero-order chi connectivity index (χ0) is 15.4. The Hall–Kier alpha value is -2.73. The van der Waals surface area contributed by atoms with Crippen molar-refractivity contribution in [3.05, 3.63) is 65.6 Å². The molecule has 2 aromatic heterocycles. The van der Waals surface area contributed by atoms with Gasteiger partial charge in [-0.3, -0.25) is 4.98 Å². The summed E-state index contributed by atoms with van der Waals surface area (Å²) >= 11 is 0. The van der Waals surface area contributed by atoms with Crippen LogP contribution in [-0.4, -0.2) is 10.3 Å². The van der Waals surface area contributed by atoms with Crippen LogP contribution in [0.3, 0.4) is 0 Å². The van der Waals surface area contributed by atoms with Gasteiger partial charge in [0.05, 0.1) is 11.8 Å². The third-order valence-electron chi connectivity index (χ3n) is 3.32. The summed E-state index contributed by atoms with van der Waals surface area (Å²) in [6, 6.07) is 11.6. The molecule has 0 bridgehead atoms. The van der Waals surface area contributed by atoms with Gasteiger partial charge >= 0.3 is 0 Å². The molecule has 2 heterocycles. The quantitative estimate of drug-likeness (QED) is 0.711. The largest absolute Gasteiger partial charge is 0.539 e. The predicted molar refractivity (Wildman–Crippen MR) is 77.0 cm³/mol. The molecule has 0 aliphatic carbocycles. The van der Waals surface area contributed by atoms with Crippen molar-refractivity contribution in [2.45, 2.75) is 20.0 Å². The lowest BCUT2D eigenvalue weighted by Gasteiger charge is -2.02. The molecule has 1 N–H and O–H groups in total. The molecule has 0 aliphatic heterocycles. The lowest BCUT2D eigenvalue weighted by molar-refractivity contribution is -0.677. The van der Waals surface area contributed by atoms with E-state index < -0.39 is 5.95 Å². The van der Waals surface area contributed by atoms with Crippen molar-refractivity contribution in [1.82, 2.24) is 15.6 Å². The monoisotopic (exact) mass is 296 g/mol. The first-order valence-corrected chi connectivity index (χ1v) is 6.98. The predicted octanol–water partition coefficient (Wildman–Crippen LogP) is 1.02. The minimum atomic E-state index is -0.431. The minimum Gasteiger partial charge on any atom is -0.539 e. The first-order valence-electron chi connectivity index (χ1n) is 6.98. The molecule has 0 spiro atoms. The Labute approximate surface area is 128 Å². The molecule has 0 radical (unpaired) electrons. The summed E-state index contributed by atoms with van der Waals surface area (Å²) in [7, 11) is 0. The van der Waals surface area contributed by atoms with Gasteiger partial charge in [0.25, 0.3) is 5.69 Å². The molecule has 0 fully saturated rings. The van der Waals surface area contributed by atoms with E-state index in [2.05, 4.69) is 15.6 Å². The number of pyridine rings is 1. The Morgan fingerprint density at radius 2 is 2.00 bits per heavy atom. The summed E-state index contributed by atoms with van der Waals surface area (Å²) < 4.78 is 6.31. The van der Waals surface area contributed by atoms with E-state index >= 15 is 0 Å². The zero-order valence-electron chi connectivity index (χ0n) is 12.2. The second-order valence-electron chi connectivity index (χ2n) is 5.02. The van der Waals surface area contributed by atoms with Crippen LogP contribution >= 0.6 is 0 Å². The van der Waals surface area contributed by atoms with Crippen LogP contribution in [0, 0.1) is 6.92 Å². The highest BCUT2D eigenvalue weighted by atomic mass is 16.6. The van der Waals surface area contributed by atoms with E-state index in [1.807, 2.05) is 43.3 Å². The Balaban J connectivity index is 1.74. The van der Waals surface area contributed by atoms with E-state index in [0.717, 1.165) is 16.8 Å². The number of rotatable bonds is 5. The SMILES string of the molecule is Cc1ccc(-[n+]2noc([O-])c2CNCc2cccnc2)cc1. The number of aryl methyl sites for hydroxylation is 1. The second kappa shape index (κ2) is 6.36. The van der Waals surface area contributed by atoms with Crippen molar-refractivity contribution in [2.75, 3.05) is 0 Å². The lowest BCUT2D eigenvalue weighted by Crippen LogP contribution is -2.38. The van der Waals surface area contributed by atoms with Crippen molar-refractivity contribution >= 4 is 0 Å². The Morgan fingerprint density at radius 1 is 1.18 bits per heavy atom. The fourth-order valence-electron chi connectivity index (χ4n) is 2.13. The summed E-state index contributed by atoms with van der Waals surface area (Å²) in [4.78, 5) is 4.05. The first-order chi connectivity index (χ1) is 10.7. The van der Waals surface area contributed by atoms with Gasteiger partial charge in [0.2, 0.25) is 5.69 Å². The van der Waals surface area contributed by atoms with E-state index in [-0.39, 0.29) is 0 Å². The third kappa shape index (κ3) is 3.12. The van der Waals surface area contributed by atoms with Gasteiger partial charge in [-0.2, -0.15) is 0 Å². The number of nitrogens with zero attached hydrogens (tertiary/aromatic N) is 3. The summed E-state index contributed by atoms with van der Waals surface area (Å²) in [6.07, 6.45) is 3.51. The summed E-state index contributed by atoms with van der Waals surface area (Å²) in [5.74, 6) is -0.431. The van der Waals surface area contributed by atoms with E-state index in [4.69, 9.17) is 4.52 Å². The van der Waals surface area contributed by atoms with Gasteiger partial charge in [0, 0.05) is 31.1 Å². The topological polar surface area (TPSA) is 77.9 Å². The lowest BCUT2D eigenvalue weighted by atomic mass is 10.2. The molecule has 22 heavy (non-hydrogen) atoms. The highest BCUT2D eigenvalue weighted by Gasteiger charge is 2.19. The van der Waals surface area contributed by atoms with Gasteiger partial charge in [-0.25, -0.2) is 0 Å². The number of nitrogens with one attached hydrogen (secondary N) is 1. The molecule has 6 nitrogen and oxygen atoms in total. The molecule has 0 atom stereocenters. The van der Waals surface area contributed by atoms with E-state index in [1.165, 1.54) is 4.68 Å². The van der Waals surface area contributed by atoms with Crippen LogP contribution < -0.4 is 15.1 Å². The highest BCUT2D eigenvalue weighted by Crippen LogP contribution is 2.11. The molecule has 0 aliphatic rings. The van der Waals surface area contributed by atoms with Crippen molar-refractivity contribution in [3.63, 3.8) is 0 Å². The Morgan fingerprint density at radius 3 is 2.73 bits per heavy atom. The molecular formula is C16H16N4O2. The van der Waals surface area contributed by atoms with Crippen LogP contribution in [-0.2, 0) is 13.1 Å². The summed E-state index contributed by atoms with van der Waals surface area (Å²) in [5, 5.41) is 18.8. The van der Waals surface area contributed by atoms with Gasteiger partial charge in [-0.15, -0.1) is 0 Å². The van der Waals surface area contributed by atoms with Crippen LogP contribution in [0.4, 0.5) is 0 Å². The molecule has 0 amide bonds. The summed E-state index contributed by atoms with van der Waals surface area (Å²) in [5.41, 5.74) is 3.46. The van der Waals surface area contributed by atoms with Gasteiger partial charge < -0.3 is 14.9 Å². The number of benzene rings is 1. The maximum absolute atomic E-state index is 11.8. The van der Waals surface area contributed by atoms with Gasteiger partial charge in [-0.05, 0) is 23.2 Å². The number of hydrogen-bond donors (Lipinski definition) is 1. The van der Waals surface area contributed by atoms with Crippen molar-refractivity contribution in [3.8, 4) is 11.6 Å². The molecule has 112 valence electrons. The van der Waals surface area contributed by atoms with E-state index in [0.29, 0.717) is 18.8 Å². The maximum atomic E-state index is 11.8. The van der Waals surface area contributed by atoms with Gasteiger partial charge in [0.1, 0.15) is 0 Å². The van der Waals surface area contributed by atoms with Crippen LogP contribution in [0.25, 0.3) is 5.69 Å². The van der Waals surface area contributed by atoms with Crippen molar-refractivity contribution < 1.29 is 14.3 Å². The molecular weight excluding hydrogens is 280 g/mol. The van der Waals surface area contributed by atoms with Crippen LogP contribution in [0.2, 0.25) is 0 Å². The molecule has 0 saturated carbocycles. The first kappa shape index (κ1) is 14.2. The van der Waals surface area contributed by atoms with Crippen LogP contribution in [0.1, 0.15) is 16.8 Å². The van der Waals surface area contributed by atoms with Crippen LogP contribution in [0.15, 0.2) is 53.3 Å².